The summed E-state index contributed by atoms with van der Waals surface area (Å²) < 4.78 is 5.26. The molecule has 22 heavy (non-hydrogen) atoms. The molecule has 2 rings (SSSR count). The highest BCUT2D eigenvalue weighted by Gasteiger charge is 2.34. The van der Waals surface area contributed by atoms with Gasteiger partial charge in [-0.25, -0.2) is 4.98 Å². The molecule has 0 saturated heterocycles. The predicted octanol–water partition coefficient (Wildman–Crippen LogP) is 2.95. The number of aliphatic imine (C=N–C) groups is 1. The predicted molar refractivity (Wildman–Crippen MR) is 101 cm³/mol. The second kappa shape index (κ2) is 9.17. The Morgan fingerprint density at radius 3 is 2.73 bits per heavy atom. The molecule has 1 aliphatic carbocycles. The Morgan fingerprint density at radius 1 is 1.41 bits per heavy atom. The van der Waals surface area contributed by atoms with Gasteiger partial charge in [0.25, 0.3) is 0 Å². The average Bonchev–Trinajstić information content (AvgIpc) is 2.49. The van der Waals surface area contributed by atoms with E-state index in [1.54, 1.807) is 20.4 Å². The molecule has 124 valence electrons. The Bertz CT molecular complexity index is 483. The standard InChI is InChI=1S/C16H26N4O.HI/c1-4-16(8-6-9-16)12-20-15(17-2)19-11-13-7-5-10-18-14(13)21-3;/h5,7,10H,4,6,8-9,11-12H2,1-3H3,(H2,17,19,20);1H. The van der Waals surface area contributed by atoms with Crippen molar-refractivity contribution in [2.75, 3.05) is 20.7 Å². The topological polar surface area (TPSA) is 58.5 Å². The smallest absolute Gasteiger partial charge is 0.218 e. The molecule has 6 heteroatoms. The molecule has 0 amide bonds. The number of ether oxygens (including phenoxy) is 1. The Kier molecular flexibility index (Phi) is 7.92. The van der Waals surface area contributed by atoms with E-state index in [1.165, 1.54) is 25.7 Å². The summed E-state index contributed by atoms with van der Waals surface area (Å²) in [6.07, 6.45) is 6.96. The molecule has 0 radical (unpaired) electrons. The van der Waals surface area contributed by atoms with E-state index in [9.17, 15) is 0 Å². The van der Waals surface area contributed by atoms with Crippen LogP contribution in [-0.2, 0) is 6.54 Å². The van der Waals surface area contributed by atoms with E-state index >= 15 is 0 Å². The van der Waals surface area contributed by atoms with Gasteiger partial charge in [-0.1, -0.05) is 19.4 Å². The van der Waals surface area contributed by atoms with E-state index in [2.05, 4.69) is 27.5 Å². The number of halogens is 1. The van der Waals surface area contributed by atoms with Crippen LogP contribution in [0.5, 0.6) is 5.88 Å². The molecular weight excluding hydrogens is 391 g/mol. The van der Waals surface area contributed by atoms with Crippen molar-refractivity contribution in [3.05, 3.63) is 23.9 Å². The van der Waals surface area contributed by atoms with Crippen molar-refractivity contribution in [3.63, 3.8) is 0 Å². The first-order valence-electron chi connectivity index (χ1n) is 7.65. The Hall–Kier alpha value is -1.05. The first kappa shape index (κ1) is 19.0. The maximum absolute atomic E-state index is 5.26. The third-order valence-electron chi connectivity index (χ3n) is 4.51. The Labute approximate surface area is 150 Å². The van der Waals surface area contributed by atoms with E-state index in [-0.39, 0.29) is 24.0 Å². The molecule has 2 N–H and O–H groups in total. The minimum atomic E-state index is 0. The second-order valence-corrected chi connectivity index (χ2v) is 5.66. The lowest BCUT2D eigenvalue weighted by Gasteiger charge is -2.41. The van der Waals surface area contributed by atoms with Crippen LogP contribution in [0.4, 0.5) is 0 Å². The molecule has 5 nitrogen and oxygen atoms in total. The molecule has 1 aliphatic rings. The molecule has 0 spiro atoms. The van der Waals surface area contributed by atoms with Crippen molar-refractivity contribution in [2.45, 2.75) is 39.2 Å². The fraction of sp³-hybridized carbons (Fsp3) is 0.625. The Balaban J connectivity index is 0.00000242. The lowest BCUT2D eigenvalue weighted by atomic mass is 9.67. The van der Waals surface area contributed by atoms with Crippen LogP contribution < -0.4 is 15.4 Å². The molecule has 1 aromatic heterocycles. The van der Waals surface area contributed by atoms with Gasteiger partial charge in [-0.3, -0.25) is 4.99 Å². The van der Waals surface area contributed by atoms with E-state index < -0.39 is 0 Å². The summed E-state index contributed by atoms with van der Waals surface area (Å²) in [6, 6.07) is 3.92. The number of hydrogen-bond acceptors (Lipinski definition) is 3. The normalized spacial score (nSPS) is 16.2. The molecule has 0 unspecified atom stereocenters. The molecule has 0 bridgehead atoms. The van der Waals surface area contributed by atoms with Gasteiger partial charge in [0.05, 0.1) is 7.11 Å². The molecular formula is C16H27IN4O. The van der Waals surface area contributed by atoms with Gasteiger partial charge in [0, 0.05) is 31.9 Å². The highest BCUT2D eigenvalue weighted by molar-refractivity contribution is 14.0. The summed E-state index contributed by atoms with van der Waals surface area (Å²) in [7, 11) is 3.44. The summed E-state index contributed by atoms with van der Waals surface area (Å²) >= 11 is 0. The highest BCUT2D eigenvalue weighted by atomic mass is 127. The summed E-state index contributed by atoms with van der Waals surface area (Å²) in [5.41, 5.74) is 1.50. The molecule has 0 atom stereocenters. The molecule has 1 heterocycles. The Morgan fingerprint density at radius 2 is 2.18 bits per heavy atom. The van der Waals surface area contributed by atoms with E-state index in [0.717, 1.165) is 18.1 Å². The molecule has 1 aromatic rings. The molecule has 1 saturated carbocycles. The van der Waals surface area contributed by atoms with Crippen LogP contribution in [-0.4, -0.2) is 31.6 Å². The van der Waals surface area contributed by atoms with Gasteiger partial charge in [-0.15, -0.1) is 24.0 Å². The third kappa shape index (κ3) is 4.72. The number of nitrogens with one attached hydrogen (secondary N) is 2. The second-order valence-electron chi connectivity index (χ2n) is 5.66. The van der Waals surface area contributed by atoms with Crippen LogP contribution >= 0.6 is 24.0 Å². The van der Waals surface area contributed by atoms with Crippen molar-refractivity contribution in [3.8, 4) is 5.88 Å². The van der Waals surface area contributed by atoms with Gasteiger partial charge < -0.3 is 15.4 Å². The zero-order valence-corrected chi connectivity index (χ0v) is 16.0. The minimum absolute atomic E-state index is 0. The van der Waals surface area contributed by atoms with Gasteiger partial charge in [0.15, 0.2) is 5.96 Å². The van der Waals surface area contributed by atoms with Crippen molar-refractivity contribution >= 4 is 29.9 Å². The number of pyridine rings is 1. The maximum atomic E-state index is 5.26. The number of rotatable bonds is 6. The fourth-order valence-electron chi connectivity index (χ4n) is 2.75. The van der Waals surface area contributed by atoms with Crippen LogP contribution in [0.15, 0.2) is 23.3 Å². The van der Waals surface area contributed by atoms with Gasteiger partial charge >= 0.3 is 0 Å². The maximum Gasteiger partial charge on any atom is 0.218 e. The summed E-state index contributed by atoms with van der Waals surface area (Å²) in [4.78, 5) is 8.49. The monoisotopic (exact) mass is 418 g/mol. The molecule has 0 aliphatic heterocycles. The van der Waals surface area contributed by atoms with E-state index in [0.29, 0.717) is 17.8 Å². The zero-order chi connectivity index (χ0) is 15.1. The highest BCUT2D eigenvalue weighted by Crippen LogP contribution is 2.42. The first-order valence-corrected chi connectivity index (χ1v) is 7.65. The minimum Gasteiger partial charge on any atom is -0.481 e. The lowest BCUT2D eigenvalue weighted by molar-refractivity contribution is 0.131. The van der Waals surface area contributed by atoms with Gasteiger partial charge in [-0.05, 0) is 30.7 Å². The first-order chi connectivity index (χ1) is 10.2. The lowest BCUT2D eigenvalue weighted by Crippen LogP contribution is -2.46. The van der Waals surface area contributed by atoms with Gasteiger partial charge in [-0.2, -0.15) is 0 Å². The zero-order valence-electron chi connectivity index (χ0n) is 13.7. The van der Waals surface area contributed by atoms with Crippen molar-refractivity contribution < 1.29 is 4.74 Å². The molecule has 0 aromatic carbocycles. The molecule has 1 fully saturated rings. The fourth-order valence-corrected chi connectivity index (χ4v) is 2.75. The van der Waals surface area contributed by atoms with Crippen LogP contribution in [0.25, 0.3) is 0 Å². The number of hydrogen-bond donors (Lipinski definition) is 2. The summed E-state index contributed by atoms with van der Waals surface area (Å²) in [5.74, 6) is 1.49. The average molecular weight is 418 g/mol. The number of methoxy groups -OCH3 is 1. The van der Waals surface area contributed by atoms with Gasteiger partial charge in [0.1, 0.15) is 0 Å². The van der Waals surface area contributed by atoms with Gasteiger partial charge in [0.2, 0.25) is 5.88 Å². The summed E-state index contributed by atoms with van der Waals surface area (Å²) in [6.45, 7) is 3.92. The SMILES string of the molecule is CCC1(CNC(=NC)NCc2cccnc2OC)CCC1.I. The van der Waals surface area contributed by atoms with Crippen molar-refractivity contribution in [2.24, 2.45) is 10.4 Å². The van der Waals surface area contributed by atoms with Crippen LogP contribution in [0, 0.1) is 5.41 Å². The number of aromatic nitrogens is 1. The van der Waals surface area contributed by atoms with E-state index in [4.69, 9.17) is 4.74 Å². The van der Waals surface area contributed by atoms with Crippen molar-refractivity contribution in [1.82, 2.24) is 15.6 Å². The van der Waals surface area contributed by atoms with Crippen LogP contribution in [0.3, 0.4) is 0 Å². The third-order valence-corrected chi connectivity index (χ3v) is 4.51. The number of guanidine groups is 1. The van der Waals surface area contributed by atoms with Crippen LogP contribution in [0.2, 0.25) is 0 Å². The number of nitrogens with zero attached hydrogens (tertiary/aromatic N) is 2. The largest absolute Gasteiger partial charge is 0.481 e. The van der Waals surface area contributed by atoms with E-state index in [1.807, 2.05) is 12.1 Å². The van der Waals surface area contributed by atoms with Crippen molar-refractivity contribution in [1.29, 1.82) is 0 Å². The van der Waals surface area contributed by atoms with Crippen LogP contribution in [0.1, 0.15) is 38.2 Å². The quantitative estimate of drug-likeness (QED) is 0.424. The summed E-state index contributed by atoms with van der Waals surface area (Å²) in [5, 5.41) is 6.77.